The standard InChI is InChI=1S/C24H24N2O3/c1-24(16-25,18-6-10-20(28-2)11-7-18)22-14-21(29-3)12-13-23(22)26-19-8-4-17(15-27)5-9-19/h4-14,26-27H,15H2,1-3H3. The number of methoxy groups -OCH3 is 2. The van der Waals surface area contributed by atoms with Crippen LogP contribution in [0, 0.1) is 11.3 Å². The smallest absolute Gasteiger partial charge is 0.119 e. The summed E-state index contributed by atoms with van der Waals surface area (Å²) in [4.78, 5) is 0. The number of hydrogen-bond acceptors (Lipinski definition) is 5. The maximum absolute atomic E-state index is 10.2. The van der Waals surface area contributed by atoms with E-state index in [1.165, 1.54) is 0 Å². The maximum atomic E-state index is 10.2. The van der Waals surface area contributed by atoms with Gasteiger partial charge in [-0.15, -0.1) is 0 Å². The molecule has 29 heavy (non-hydrogen) atoms. The van der Waals surface area contributed by atoms with Crippen LogP contribution in [0.1, 0.15) is 23.6 Å². The molecule has 0 heterocycles. The van der Waals surface area contributed by atoms with Gasteiger partial charge in [-0.25, -0.2) is 0 Å². The predicted molar refractivity (Wildman–Crippen MR) is 114 cm³/mol. The Balaban J connectivity index is 2.07. The zero-order chi connectivity index (χ0) is 20.9. The Labute approximate surface area is 171 Å². The first-order chi connectivity index (χ1) is 14.0. The number of ether oxygens (including phenoxy) is 2. The van der Waals surface area contributed by atoms with E-state index in [0.29, 0.717) is 5.75 Å². The molecule has 2 N–H and O–H groups in total. The highest BCUT2D eigenvalue weighted by atomic mass is 16.5. The van der Waals surface area contributed by atoms with Crippen molar-refractivity contribution in [2.75, 3.05) is 19.5 Å². The van der Waals surface area contributed by atoms with E-state index < -0.39 is 5.41 Å². The molecule has 0 saturated heterocycles. The lowest BCUT2D eigenvalue weighted by atomic mass is 9.76. The van der Waals surface area contributed by atoms with E-state index >= 15 is 0 Å². The Morgan fingerprint density at radius 3 is 2.10 bits per heavy atom. The number of rotatable bonds is 7. The van der Waals surface area contributed by atoms with Gasteiger partial charge in [0.1, 0.15) is 16.9 Å². The van der Waals surface area contributed by atoms with Gasteiger partial charge in [-0.3, -0.25) is 0 Å². The van der Waals surface area contributed by atoms with E-state index in [1.807, 2.05) is 73.7 Å². The van der Waals surface area contributed by atoms with Gasteiger partial charge in [0.25, 0.3) is 0 Å². The lowest BCUT2D eigenvalue weighted by molar-refractivity contribution is 0.282. The first kappa shape index (κ1) is 20.2. The fraction of sp³-hybridized carbons (Fsp3) is 0.208. The van der Waals surface area contributed by atoms with E-state index in [-0.39, 0.29) is 6.61 Å². The maximum Gasteiger partial charge on any atom is 0.119 e. The minimum absolute atomic E-state index is 0.00195. The van der Waals surface area contributed by atoms with Crippen LogP contribution < -0.4 is 14.8 Å². The predicted octanol–water partition coefficient (Wildman–Crippen LogP) is 4.77. The molecular formula is C24H24N2O3. The fourth-order valence-electron chi connectivity index (χ4n) is 3.23. The number of nitrogens with zero attached hydrogens (tertiary/aromatic N) is 1. The topological polar surface area (TPSA) is 74.5 Å². The van der Waals surface area contributed by atoms with Crippen LogP contribution in [0.5, 0.6) is 11.5 Å². The van der Waals surface area contributed by atoms with Crippen LogP contribution in [0.4, 0.5) is 11.4 Å². The Bertz CT molecular complexity index is 1010. The molecule has 3 aromatic rings. The number of benzene rings is 3. The van der Waals surface area contributed by atoms with Gasteiger partial charge in [0.2, 0.25) is 0 Å². The molecule has 0 aliphatic rings. The summed E-state index contributed by atoms with van der Waals surface area (Å²) in [6, 6.07) is 23.2. The van der Waals surface area contributed by atoms with Gasteiger partial charge in [0.05, 0.1) is 26.9 Å². The van der Waals surface area contributed by atoms with Crippen molar-refractivity contribution in [3.05, 3.63) is 83.4 Å². The van der Waals surface area contributed by atoms with Crippen molar-refractivity contribution in [1.29, 1.82) is 5.26 Å². The van der Waals surface area contributed by atoms with Crippen molar-refractivity contribution >= 4 is 11.4 Å². The van der Waals surface area contributed by atoms with Crippen molar-refractivity contribution in [2.45, 2.75) is 18.9 Å². The molecule has 1 atom stereocenters. The minimum atomic E-state index is -0.909. The van der Waals surface area contributed by atoms with Crippen LogP contribution >= 0.6 is 0 Å². The van der Waals surface area contributed by atoms with E-state index in [1.54, 1.807) is 14.2 Å². The first-order valence-corrected chi connectivity index (χ1v) is 9.25. The number of nitriles is 1. The van der Waals surface area contributed by atoms with Crippen molar-refractivity contribution < 1.29 is 14.6 Å². The molecule has 0 aliphatic carbocycles. The molecule has 5 nitrogen and oxygen atoms in total. The van der Waals surface area contributed by atoms with Crippen molar-refractivity contribution in [3.63, 3.8) is 0 Å². The van der Waals surface area contributed by atoms with Gasteiger partial charge in [-0.05, 0) is 60.5 Å². The van der Waals surface area contributed by atoms with Crippen LogP contribution in [-0.2, 0) is 12.0 Å². The van der Waals surface area contributed by atoms with Crippen molar-refractivity contribution in [2.24, 2.45) is 0 Å². The summed E-state index contributed by atoms with van der Waals surface area (Å²) in [7, 11) is 3.22. The summed E-state index contributed by atoms with van der Waals surface area (Å²) in [6.45, 7) is 1.89. The normalized spacial score (nSPS) is 12.5. The SMILES string of the molecule is COc1ccc(C(C)(C#N)c2cc(OC)ccc2Nc2ccc(CO)cc2)cc1. The van der Waals surface area contributed by atoms with Gasteiger partial charge in [-0.2, -0.15) is 5.26 Å². The molecule has 0 spiro atoms. The van der Waals surface area contributed by atoms with Crippen LogP contribution in [0.15, 0.2) is 66.7 Å². The fourth-order valence-corrected chi connectivity index (χ4v) is 3.23. The zero-order valence-corrected chi connectivity index (χ0v) is 16.8. The average molecular weight is 388 g/mol. The van der Waals surface area contributed by atoms with E-state index in [0.717, 1.165) is 33.8 Å². The van der Waals surface area contributed by atoms with Crippen LogP contribution in [0.3, 0.4) is 0 Å². The monoisotopic (exact) mass is 388 g/mol. The largest absolute Gasteiger partial charge is 0.497 e. The van der Waals surface area contributed by atoms with Crippen molar-refractivity contribution in [3.8, 4) is 17.6 Å². The summed E-state index contributed by atoms with van der Waals surface area (Å²) in [5.41, 5.74) is 3.26. The number of aliphatic hydroxyl groups is 1. The van der Waals surface area contributed by atoms with Gasteiger partial charge >= 0.3 is 0 Å². The Morgan fingerprint density at radius 2 is 1.55 bits per heavy atom. The second-order valence-electron chi connectivity index (χ2n) is 6.86. The molecule has 0 radical (unpaired) electrons. The van der Waals surface area contributed by atoms with Gasteiger partial charge in [0, 0.05) is 16.9 Å². The molecule has 3 aromatic carbocycles. The second kappa shape index (κ2) is 8.68. The molecule has 0 aliphatic heterocycles. The first-order valence-electron chi connectivity index (χ1n) is 9.25. The van der Waals surface area contributed by atoms with Crippen LogP contribution in [-0.4, -0.2) is 19.3 Å². The quantitative estimate of drug-likeness (QED) is 0.610. The second-order valence-corrected chi connectivity index (χ2v) is 6.86. The van der Waals surface area contributed by atoms with Crippen molar-refractivity contribution in [1.82, 2.24) is 0 Å². The Kier molecular flexibility index (Phi) is 6.06. The third-order valence-corrected chi connectivity index (χ3v) is 5.07. The summed E-state index contributed by atoms with van der Waals surface area (Å²) in [6.07, 6.45) is 0. The van der Waals surface area contributed by atoms with Gasteiger partial charge in [-0.1, -0.05) is 24.3 Å². The van der Waals surface area contributed by atoms with Gasteiger partial charge in [0.15, 0.2) is 0 Å². The molecule has 0 fully saturated rings. The minimum Gasteiger partial charge on any atom is -0.497 e. The molecule has 0 bridgehead atoms. The molecule has 0 saturated carbocycles. The number of anilines is 2. The zero-order valence-electron chi connectivity index (χ0n) is 16.8. The molecule has 148 valence electrons. The molecule has 5 heteroatoms. The lowest BCUT2D eigenvalue weighted by Crippen LogP contribution is -2.22. The number of nitrogens with one attached hydrogen (secondary N) is 1. The Morgan fingerprint density at radius 1 is 0.931 bits per heavy atom. The van der Waals surface area contributed by atoms with E-state index in [9.17, 15) is 10.4 Å². The molecule has 3 rings (SSSR count). The van der Waals surface area contributed by atoms with E-state index in [4.69, 9.17) is 9.47 Å². The summed E-state index contributed by atoms with van der Waals surface area (Å²) >= 11 is 0. The van der Waals surface area contributed by atoms with Crippen LogP contribution in [0.2, 0.25) is 0 Å². The average Bonchev–Trinajstić information content (AvgIpc) is 2.79. The van der Waals surface area contributed by atoms with E-state index in [2.05, 4.69) is 11.4 Å². The summed E-state index contributed by atoms with van der Waals surface area (Å²) in [5, 5.41) is 22.8. The van der Waals surface area contributed by atoms with Crippen LogP contribution in [0.25, 0.3) is 0 Å². The third kappa shape index (κ3) is 4.18. The molecule has 1 unspecified atom stereocenters. The highest BCUT2D eigenvalue weighted by molar-refractivity contribution is 5.69. The number of hydrogen-bond donors (Lipinski definition) is 2. The number of aliphatic hydroxyl groups excluding tert-OH is 1. The lowest BCUT2D eigenvalue weighted by Gasteiger charge is -2.27. The Hall–Kier alpha value is -3.49. The summed E-state index contributed by atoms with van der Waals surface area (Å²) < 4.78 is 10.7. The van der Waals surface area contributed by atoms with Gasteiger partial charge < -0.3 is 19.9 Å². The molecule has 0 amide bonds. The highest BCUT2D eigenvalue weighted by Crippen LogP contribution is 2.39. The molecule has 0 aromatic heterocycles. The third-order valence-electron chi connectivity index (χ3n) is 5.07. The summed E-state index contributed by atoms with van der Waals surface area (Å²) in [5.74, 6) is 1.41. The molecular weight excluding hydrogens is 364 g/mol. The highest BCUT2D eigenvalue weighted by Gasteiger charge is 2.32.